The van der Waals surface area contributed by atoms with Crippen LogP contribution in [0, 0.1) is 0 Å². The van der Waals surface area contributed by atoms with Gasteiger partial charge in [-0.05, 0) is 52.8 Å². The number of hydrogen-bond donors (Lipinski definition) is 1. The number of hydrogen-bond acceptors (Lipinski definition) is 5. The van der Waals surface area contributed by atoms with Gasteiger partial charge in [0.05, 0.1) is 18.7 Å². The van der Waals surface area contributed by atoms with Gasteiger partial charge in [0.25, 0.3) is 0 Å². The van der Waals surface area contributed by atoms with Gasteiger partial charge in [0.15, 0.2) is 5.78 Å². The lowest BCUT2D eigenvalue weighted by molar-refractivity contribution is -0.0896. The minimum Gasteiger partial charge on any atom is -0.496 e. The van der Waals surface area contributed by atoms with E-state index >= 15 is 0 Å². The first kappa shape index (κ1) is 16.3. The number of benzene rings is 1. The zero-order valence-corrected chi connectivity index (χ0v) is 14.3. The number of ether oxygens (including phenoxy) is 2. The number of methoxy groups -OCH3 is 1. The smallest absolute Gasteiger partial charge is 0.163 e. The molecule has 5 heteroatoms. The number of rotatable bonds is 3. The zero-order chi connectivity index (χ0) is 16.8. The first-order valence-corrected chi connectivity index (χ1v) is 8.19. The summed E-state index contributed by atoms with van der Waals surface area (Å²) in [6.45, 7) is 7.24. The quantitative estimate of drug-likeness (QED) is 0.868. The van der Waals surface area contributed by atoms with Crippen molar-refractivity contribution in [1.29, 1.82) is 0 Å². The summed E-state index contributed by atoms with van der Waals surface area (Å²) in [7, 11) is 1.55. The molecule has 0 saturated carbocycles. The molecule has 0 aliphatic carbocycles. The van der Waals surface area contributed by atoms with Crippen LogP contribution in [0.1, 0.15) is 55.6 Å². The van der Waals surface area contributed by atoms with E-state index in [4.69, 9.17) is 9.47 Å². The van der Waals surface area contributed by atoms with Crippen LogP contribution in [0.15, 0.2) is 12.1 Å². The number of likely N-dealkylation sites (tertiary alicyclic amines) is 1. The molecule has 1 saturated heterocycles. The van der Waals surface area contributed by atoms with Gasteiger partial charge in [0, 0.05) is 11.6 Å². The van der Waals surface area contributed by atoms with Crippen LogP contribution < -0.4 is 9.47 Å². The van der Waals surface area contributed by atoms with Crippen molar-refractivity contribution in [2.24, 2.45) is 0 Å². The van der Waals surface area contributed by atoms with Gasteiger partial charge < -0.3 is 14.6 Å². The van der Waals surface area contributed by atoms with Gasteiger partial charge in [-0.3, -0.25) is 9.69 Å². The van der Waals surface area contributed by atoms with E-state index in [9.17, 15) is 9.90 Å². The number of Topliss-reactive ketones (excluding diaryl/α,β-unsaturated/α-hetero) is 1. The van der Waals surface area contributed by atoms with Gasteiger partial charge in [-0.1, -0.05) is 0 Å². The Kier molecular flexibility index (Phi) is 4.10. The molecule has 5 nitrogen and oxygen atoms in total. The largest absolute Gasteiger partial charge is 0.496 e. The zero-order valence-electron chi connectivity index (χ0n) is 14.3. The van der Waals surface area contributed by atoms with Gasteiger partial charge in [-0.2, -0.15) is 0 Å². The van der Waals surface area contributed by atoms with Crippen molar-refractivity contribution in [3.8, 4) is 11.5 Å². The molecule has 2 aliphatic rings. The molecule has 1 aromatic rings. The lowest BCUT2D eigenvalue weighted by Gasteiger charge is -2.45. The molecule has 126 valence electrons. The molecule has 2 unspecified atom stereocenters. The predicted octanol–water partition coefficient (Wildman–Crippen LogP) is 2.57. The van der Waals surface area contributed by atoms with Crippen LogP contribution in [0.5, 0.6) is 11.5 Å². The van der Waals surface area contributed by atoms with E-state index in [-0.39, 0.29) is 11.8 Å². The Labute approximate surface area is 137 Å². The van der Waals surface area contributed by atoms with Crippen molar-refractivity contribution in [3.05, 3.63) is 23.3 Å². The summed E-state index contributed by atoms with van der Waals surface area (Å²) in [6.07, 6.45) is 1.62. The fraction of sp³-hybridized carbons (Fsp3) is 0.611. The molecule has 0 aromatic heterocycles. The summed E-state index contributed by atoms with van der Waals surface area (Å²) in [4.78, 5) is 14.2. The maximum atomic E-state index is 12.0. The maximum absolute atomic E-state index is 12.0. The van der Waals surface area contributed by atoms with Gasteiger partial charge in [-0.15, -0.1) is 0 Å². The molecule has 0 amide bonds. The Morgan fingerprint density at radius 3 is 2.57 bits per heavy atom. The molecule has 2 atom stereocenters. The number of fused-ring (bicyclic) bond motifs is 1. The van der Waals surface area contributed by atoms with E-state index in [1.807, 2.05) is 19.9 Å². The number of aliphatic hydroxyl groups is 1. The highest BCUT2D eigenvalue weighted by Gasteiger charge is 2.46. The van der Waals surface area contributed by atoms with Crippen molar-refractivity contribution in [3.63, 3.8) is 0 Å². The number of carbonyl (C=O) groups is 1. The summed E-state index contributed by atoms with van der Waals surface area (Å²) in [5.74, 6) is 1.16. The standard InChI is InChI=1S/C18H25NO4/c1-11(20)12-9-13-15(10-14(12)22-4)23-18(2,3)17(21)16(13)19-7-5-6-8-19/h9-10,16-17,21H,5-8H2,1-4H3. The number of carbonyl (C=O) groups excluding carboxylic acids is 1. The second kappa shape index (κ2) is 5.80. The summed E-state index contributed by atoms with van der Waals surface area (Å²) < 4.78 is 11.4. The molecular formula is C18H25NO4. The maximum Gasteiger partial charge on any atom is 0.163 e. The Bertz CT molecular complexity index is 620. The van der Waals surface area contributed by atoms with Crippen molar-refractivity contribution in [2.45, 2.75) is 51.4 Å². The Morgan fingerprint density at radius 1 is 1.35 bits per heavy atom. The van der Waals surface area contributed by atoms with E-state index in [2.05, 4.69) is 4.90 Å². The normalized spacial score (nSPS) is 26.5. The summed E-state index contributed by atoms with van der Waals surface area (Å²) in [5.41, 5.74) is 0.721. The third-order valence-corrected chi connectivity index (χ3v) is 4.95. The van der Waals surface area contributed by atoms with Crippen LogP contribution in [-0.4, -0.2) is 47.7 Å². The average molecular weight is 319 g/mol. The first-order valence-electron chi connectivity index (χ1n) is 8.19. The van der Waals surface area contributed by atoms with Crippen LogP contribution in [0.3, 0.4) is 0 Å². The minimum atomic E-state index is -0.691. The second-order valence-electron chi connectivity index (χ2n) is 6.98. The topological polar surface area (TPSA) is 59.0 Å². The lowest BCUT2D eigenvalue weighted by atomic mass is 9.84. The predicted molar refractivity (Wildman–Crippen MR) is 87.3 cm³/mol. The highest BCUT2D eigenvalue weighted by molar-refractivity contribution is 5.97. The average Bonchev–Trinajstić information content (AvgIpc) is 3.00. The molecule has 0 bridgehead atoms. The van der Waals surface area contributed by atoms with Gasteiger partial charge >= 0.3 is 0 Å². The van der Waals surface area contributed by atoms with Crippen molar-refractivity contribution in [1.82, 2.24) is 4.90 Å². The van der Waals surface area contributed by atoms with E-state index < -0.39 is 11.7 Å². The highest BCUT2D eigenvalue weighted by Crippen LogP contribution is 2.46. The van der Waals surface area contributed by atoms with Crippen molar-refractivity contribution < 1.29 is 19.4 Å². The van der Waals surface area contributed by atoms with Crippen LogP contribution in [0.2, 0.25) is 0 Å². The molecule has 2 heterocycles. The second-order valence-corrected chi connectivity index (χ2v) is 6.98. The van der Waals surface area contributed by atoms with Crippen LogP contribution >= 0.6 is 0 Å². The SMILES string of the molecule is COc1cc2c(cc1C(C)=O)C(N1CCCC1)C(O)C(C)(C)O2. The molecule has 3 rings (SSSR count). The molecular weight excluding hydrogens is 294 g/mol. The third kappa shape index (κ3) is 2.72. The molecule has 1 aromatic carbocycles. The molecule has 0 spiro atoms. The Balaban J connectivity index is 2.15. The molecule has 1 N–H and O–H groups in total. The van der Waals surface area contributed by atoms with Crippen LogP contribution in [-0.2, 0) is 0 Å². The molecule has 1 fully saturated rings. The minimum absolute atomic E-state index is 0.0517. The third-order valence-electron chi connectivity index (χ3n) is 4.95. The summed E-state index contributed by atoms with van der Waals surface area (Å²) in [6, 6.07) is 3.46. The van der Waals surface area contributed by atoms with Crippen molar-refractivity contribution in [2.75, 3.05) is 20.2 Å². The fourth-order valence-electron chi connectivity index (χ4n) is 3.65. The highest BCUT2D eigenvalue weighted by atomic mass is 16.5. The monoisotopic (exact) mass is 319 g/mol. The number of aliphatic hydroxyl groups excluding tert-OH is 1. The number of nitrogens with zero attached hydrogens (tertiary/aromatic N) is 1. The van der Waals surface area contributed by atoms with Gasteiger partial charge in [0.2, 0.25) is 0 Å². The Morgan fingerprint density at radius 2 is 2.00 bits per heavy atom. The summed E-state index contributed by atoms with van der Waals surface area (Å²) in [5, 5.41) is 10.9. The summed E-state index contributed by atoms with van der Waals surface area (Å²) >= 11 is 0. The van der Waals surface area contributed by atoms with E-state index in [0.29, 0.717) is 17.1 Å². The molecule has 2 aliphatic heterocycles. The molecule has 23 heavy (non-hydrogen) atoms. The van der Waals surface area contributed by atoms with E-state index in [0.717, 1.165) is 31.5 Å². The Hall–Kier alpha value is -1.59. The van der Waals surface area contributed by atoms with Crippen molar-refractivity contribution >= 4 is 5.78 Å². The molecule has 0 radical (unpaired) electrons. The van der Waals surface area contributed by atoms with Gasteiger partial charge in [-0.25, -0.2) is 0 Å². The first-order chi connectivity index (χ1) is 10.8. The number of ketones is 1. The van der Waals surface area contributed by atoms with E-state index in [1.165, 1.54) is 6.92 Å². The van der Waals surface area contributed by atoms with Crippen LogP contribution in [0.4, 0.5) is 0 Å². The fourth-order valence-corrected chi connectivity index (χ4v) is 3.65. The lowest BCUT2D eigenvalue weighted by Crippen LogP contribution is -2.53. The van der Waals surface area contributed by atoms with Crippen LogP contribution in [0.25, 0.3) is 0 Å². The van der Waals surface area contributed by atoms with E-state index in [1.54, 1.807) is 13.2 Å². The van der Waals surface area contributed by atoms with Gasteiger partial charge in [0.1, 0.15) is 23.2 Å².